The van der Waals surface area contributed by atoms with Crippen molar-refractivity contribution in [3.8, 4) is 0 Å². The highest BCUT2D eigenvalue weighted by atomic mass is 16.4. The molecule has 0 aliphatic carbocycles. The zero-order valence-electron chi connectivity index (χ0n) is 14.1. The largest absolute Gasteiger partial charge is 0.481 e. The van der Waals surface area contributed by atoms with Crippen molar-refractivity contribution in [3.63, 3.8) is 0 Å². The van der Waals surface area contributed by atoms with Gasteiger partial charge in [-0.25, -0.2) is 4.79 Å². The fourth-order valence-electron chi connectivity index (χ4n) is 2.27. The Morgan fingerprint density at radius 1 is 1.05 bits per heavy atom. The van der Waals surface area contributed by atoms with Crippen LogP contribution in [-0.2, 0) is 4.79 Å². The first-order chi connectivity index (χ1) is 9.65. The minimum absolute atomic E-state index is 0.0603. The molecule has 6 nitrogen and oxygen atoms in total. The molecule has 21 heavy (non-hydrogen) atoms. The van der Waals surface area contributed by atoms with Crippen molar-refractivity contribution >= 4 is 12.0 Å². The predicted octanol–water partition coefficient (Wildman–Crippen LogP) is 1.90. The van der Waals surface area contributed by atoms with Crippen molar-refractivity contribution in [2.24, 2.45) is 5.92 Å². The summed E-state index contributed by atoms with van der Waals surface area (Å²) in [7, 11) is 0. The Bertz CT molecular complexity index is 322. The number of rotatable bonds is 9. The Morgan fingerprint density at radius 2 is 1.57 bits per heavy atom. The van der Waals surface area contributed by atoms with Crippen LogP contribution < -0.4 is 10.6 Å². The van der Waals surface area contributed by atoms with Crippen molar-refractivity contribution in [1.29, 1.82) is 0 Å². The third kappa shape index (κ3) is 8.55. The van der Waals surface area contributed by atoms with Crippen LogP contribution in [0.15, 0.2) is 0 Å². The molecule has 3 N–H and O–H groups in total. The van der Waals surface area contributed by atoms with E-state index >= 15 is 0 Å². The maximum absolute atomic E-state index is 11.8. The number of carbonyl (C=O) groups excluding carboxylic acids is 1. The molecule has 0 fully saturated rings. The molecule has 0 aromatic heterocycles. The molecule has 0 aliphatic rings. The zero-order valence-corrected chi connectivity index (χ0v) is 14.1. The normalized spacial score (nSPS) is 13.0. The molecule has 1 atom stereocenters. The highest BCUT2D eigenvalue weighted by molar-refractivity contribution is 5.75. The number of urea groups is 1. The van der Waals surface area contributed by atoms with Gasteiger partial charge in [0, 0.05) is 31.2 Å². The summed E-state index contributed by atoms with van der Waals surface area (Å²) < 4.78 is 0. The van der Waals surface area contributed by atoms with Gasteiger partial charge in [-0.3, -0.25) is 9.69 Å². The van der Waals surface area contributed by atoms with Crippen molar-refractivity contribution in [2.45, 2.75) is 66.1 Å². The SMILES string of the molecule is CC(C)C(CC(=O)O)NC(=O)NCCN(C(C)C)C(C)C. The van der Waals surface area contributed by atoms with Gasteiger partial charge in [0.1, 0.15) is 0 Å². The molecule has 0 aromatic rings. The molecule has 2 amide bonds. The van der Waals surface area contributed by atoms with Gasteiger partial charge in [-0.1, -0.05) is 13.8 Å². The lowest BCUT2D eigenvalue weighted by atomic mass is 10.0. The number of carboxylic acids is 1. The molecule has 0 aromatic carbocycles. The average Bonchev–Trinajstić information content (AvgIpc) is 2.32. The standard InChI is InChI=1S/C15H31N3O3/c1-10(2)13(9-14(19)20)17-15(21)16-7-8-18(11(3)4)12(5)6/h10-13H,7-9H2,1-6H3,(H,19,20)(H2,16,17,21). The van der Waals surface area contributed by atoms with Crippen LogP contribution in [0.5, 0.6) is 0 Å². The number of carboxylic acid groups (broad SMARTS) is 1. The van der Waals surface area contributed by atoms with Gasteiger partial charge in [0.05, 0.1) is 6.42 Å². The second-order valence-corrected chi connectivity index (χ2v) is 6.27. The summed E-state index contributed by atoms with van der Waals surface area (Å²) in [4.78, 5) is 24.9. The first-order valence-corrected chi connectivity index (χ1v) is 7.67. The lowest BCUT2D eigenvalue weighted by molar-refractivity contribution is -0.137. The molecule has 6 heteroatoms. The van der Waals surface area contributed by atoms with E-state index in [1.54, 1.807) is 0 Å². The van der Waals surface area contributed by atoms with Gasteiger partial charge in [0.2, 0.25) is 0 Å². The smallest absolute Gasteiger partial charge is 0.315 e. The third-order valence-corrected chi connectivity index (χ3v) is 3.50. The lowest BCUT2D eigenvalue weighted by Crippen LogP contribution is -2.48. The van der Waals surface area contributed by atoms with Gasteiger partial charge in [0.25, 0.3) is 0 Å². The quantitative estimate of drug-likeness (QED) is 0.607. The molecule has 0 saturated carbocycles. The lowest BCUT2D eigenvalue weighted by Gasteiger charge is -2.30. The summed E-state index contributed by atoms with van der Waals surface area (Å²) in [5.41, 5.74) is 0. The summed E-state index contributed by atoms with van der Waals surface area (Å²) in [6, 6.07) is 0.187. The molecule has 0 radical (unpaired) electrons. The number of nitrogens with one attached hydrogen (secondary N) is 2. The highest BCUT2D eigenvalue weighted by Crippen LogP contribution is 2.06. The minimum atomic E-state index is -0.903. The molecule has 0 bridgehead atoms. The number of carbonyl (C=O) groups is 2. The molecule has 0 heterocycles. The Morgan fingerprint density at radius 3 is 1.95 bits per heavy atom. The number of amides is 2. The summed E-state index contributed by atoms with van der Waals surface area (Å²) in [6.07, 6.45) is -0.0603. The van der Waals surface area contributed by atoms with E-state index in [2.05, 4.69) is 43.2 Å². The Balaban J connectivity index is 4.21. The average molecular weight is 301 g/mol. The van der Waals surface area contributed by atoms with Crippen LogP contribution in [0, 0.1) is 5.92 Å². The van der Waals surface area contributed by atoms with Crippen LogP contribution in [0.4, 0.5) is 4.79 Å². The monoisotopic (exact) mass is 301 g/mol. The van der Waals surface area contributed by atoms with E-state index in [4.69, 9.17) is 5.11 Å². The maximum Gasteiger partial charge on any atom is 0.315 e. The van der Waals surface area contributed by atoms with E-state index in [1.807, 2.05) is 13.8 Å². The zero-order chi connectivity index (χ0) is 16.6. The van der Waals surface area contributed by atoms with E-state index < -0.39 is 5.97 Å². The second-order valence-electron chi connectivity index (χ2n) is 6.27. The number of aliphatic carboxylic acids is 1. The topological polar surface area (TPSA) is 81.7 Å². The predicted molar refractivity (Wildman–Crippen MR) is 84.4 cm³/mol. The van der Waals surface area contributed by atoms with Gasteiger partial charge < -0.3 is 15.7 Å². The summed E-state index contributed by atoms with van der Waals surface area (Å²) >= 11 is 0. The van der Waals surface area contributed by atoms with E-state index in [9.17, 15) is 9.59 Å². The number of hydrogen-bond donors (Lipinski definition) is 3. The molecule has 124 valence electrons. The van der Waals surface area contributed by atoms with E-state index in [0.717, 1.165) is 6.54 Å². The van der Waals surface area contributed by atoms with Crippen molar-refractivity contribution in [1.82, 2.24) is 15.5 Å². The number of hydrogen-bond acceptors (Lipinski definition) is 3. The number of nitrogens with zero attached hydrogens (tertiary/aromatic N) is 1. The highest BCUT2D eigenvalue weighted by Gasteiger charge is 2.19. The van der Waals surface area contributed by atoms with Crippen molar-refractivity contribution in [2.75, 3.05) is 13.1 Å². The van der Waals surface area contributed by atoms with E-state index in [1.165, 1.54) is 0 Å². The summed E-state index contributed by atoms with van der Waals surface area (Å²) in [5, 5.41) is 14.4. The van der Waals surface area contributed by atoms with Gasteiger partial charge in [-0.05, 0) is 33.6 Å². The van der Waals surface area contributed by atoms with Crippen LogP contribution >= 0.6 is 0 Å². The third-order valence-electron chi connectivity index (χ3n) is 3.50. The van der Waals surface area contributed by atoms with Crippen LogP contribution in [0.2, 0.25) is 0 Å². The van der Waals surface area contributed by atoms with Crippen LogP contribution in [0.1, 0.15) is 48.0 Å². The molecule has 0 aliphatic heterocycles. The van der Waals surface area contributed by atoms with Crippen molar-refractivity contribution < 1.29 is 14.7 Å². The van der Waals surface area contributed by atoms with Gasteiger partial charge in [-0.15, -0.1) is 0 Å². The fraction of sp³-hybridized carbons (Fsp3) is 0.867. The second kappa shape index (κ2) is 9.60. The Labute approximate surface area is 128 Å². The Kier molecular flexibility index (Phi) is 9.01. The van der Waals surface area contributed by atoms with Crippen LogP contribution in [0.3, 0.4) is 0 Å². The van der Waals surface area contributed by atoms with Gasteiger partial charge >= 0.3 is 12.0 Å². The van der Waals surface area contributed by atoms with E-state index in [0.29, 0.717) is 18.6 Å². The van der Waals surface area contributed by atoms with Gasteiger partial charge in [0.15, 0.2) is 0 Å². The molecular formula is C15H31N3O3. The molecule has 0 spiro atoms. The molecule has 0 saturated heterocycles. The van der Waals surface area contributed by atoms with Crippen LogP contribution in [-0.4, -0.2) is 53.2 Å². The minimum Gasteiger partial charge on any atom is -0.481 e. The maximum atomic E-state index is 11.8. The van der Waals surface area contributed by atoms with Gasteiger partial charge in [-0.2, -0.15) is 0 Å². The first-order valence-electron chi connectivity index (χ1n) is 7.67. The molecule has 0 rings (SSSR count). The van der Waals surface area contributed by atoms with Crippen molar-refractivity contribution in [3.05, 3.63) is 0 Å². The molecule has 1 unspecified atom stereocenters. The Hall–Kier alpha value is -1.30. The first kappa shape index (κ1) is 19.7. The summed E-state index contributed by atoms with van der Waals surface area (Å²) in [5.74, 6) is -0.825. The summed E-state index contributed by atoms with van der Waals surface area (Å²) in [6.45, 7) is 13.6. The van der Waals surface area contributed by atoms with E-state index in [-0.39, 0.29) is 24.4 Å². The molecular weight excluding hydrogens is 270 g/mol. The van der Waals surface area contributed by atoms with Crippen LogP contribution in [0.25, 0.3) is 0 Å². The fourth-order valence-corrected chi connectivity index (χ4v) is 2.27.